The molecule has 0 atom stereocenters. The highest BCUT2D eigenvalue weighted by Crippen LogP contribution is 2.42. The molecule has 0 saturated carbocycles. The number of nitrogens with zero attached hydrogens (tertiary/aromatic N) is 1. The van der Waals surface area contributed by atoms with Crippen LogP contribution in [0.4, 0.5) is 0 Å². The Morgan fingerprint density at radius 1 is 0.349 bits per heavy atom. The van der Waals surface area contributed by atoms with Crippen molar-refractivity contribution >= 4 is 32.3 Å². The molecule has 0 spiro atoms. The van der Waals surface area contributed by atoms with E-state index >= 15 is 0 Å². The number of pyridine rings is 1. The molecule has 0 bridgehead atoms. The van der Waals surface area contributed by atoms with Crippen LogP contribution in [0.1, 0.15) is 11.1 Å². The highest BCUT2D eigenvalue weighted by Gasteiger charge is 2.21. The van der Waals surface area contributed by atoms with Crippen molar-refractivity contribution in [2.45, 2.75) is 6.42 Å². The minimum atomic E-state index is 0.953. The van der Waals surface area contributed by atoms with Gasteiger partial charge in [0.1, 0.15) is 0 Å². The maximum absolute atomic E-state index is 5.21. The summed E-state index contributed by atoms with van der Waals surface area (Å²) in [6.45, 7) is 0. The zero-order chi connectivity index (χ0) is 28.3. The largest absolute Gasteiger partial charge is 0.248 e. The standard InChI is InChI=1S/C42H27N/c1-2-13-31-29(10-1)26-40-32(31)18-8-19-38(40)42-21-9-20-41(43-42)30-12-7-11-27(24-30)28-22-23-37-35-16-4-3-14-33(35)34-15-5-6-17-36(34)39(37)25-28/h1-25H,26H2. The van der Waals surface area contributed by atoms with Gasteiger partial charge in [0.25, 0.3) is 0 Å². The second-order valence-corrected chi connectivity index (χ2v) is 11.5. The molecule has 200 valence electrons. The molecule has 0 radical (unpaired) electrons. The molecule has 0 saturated heterocycles. The van der Waals surface area contributed by atoms with Gasteiger partial charge in [-0.1, -0.05) is 127 Å². The Balaban J connectivity index is 1.14. The van der Waals surface area contributed by atoms with E-state index in [1.807, 2.05) is 0 Å². The Morgan fingerprint density at radius 3 is 1.72 bits per heavy atom. The van der Waals surface area contributed by atoms with Gasteiger partial charge < -0.3 is 0 Å². The summed E-state index contributed by atoms with van der Waals surface area (Å²) in [5, 5.41) is 7.78. The number of hydrogen-bond acceptors (Lipinski definition) is 1. The molecule has 1 heteroatoms. The lowest BCUT2D eigenvalue weighted by atomic mass is 9.91. The normalized spacial score (nSPS) is 12.1. The van der Waals surface area contributed by atoms with Gasteiger partial charge in [0.2, 0.25) is 0 Å². The SMILES string of the molecule is c1cc(-c2ccc3c4ccccc4c4ccccc4c3c2)cc(-c2cccc(-c3cccc4c3Cc3ccccc3-4)n2)c1. The van der Waals surface area contributed by atoms with Crippen molar-refractivity contribution in [2.24, 2.45) is 0 Å². The van der Waals surface area contributed by atoms with E-state index in [0.717, 1.165) is 23.4 Å². The number of hydrogen-bond donors (Lipinski definition) is 0. The van der Waals surface area contributed by atoms with E-state index in [9.17, 15) is 0 Å². The summed E-state index contributed by atoms with van der Waals surface area (Å²) >= 11 is 0. The van der Waals surface area contributed by atoms with Gasteiger partial charge in [-0.3, -0.25) is 0 Å². The second-order valence-electron chi connectivity index (χ2n) is 11.5. The molecule has 0 amide bonds. The fraction of sp³-hybridized carbons (Fsp3) is 0.0238. The lowest BCUT2D eigenvalue weighted by Crippen LogP contribution is -1.93. The van der Waals surface area contributed by atoms with E-state index in [0.29, 0.717) is 0 Å². The van der Waals surface area contributed by atoms with Crippen LogP contribution in [0.5, 0.6) is 0 Å². The van der Waals surface area contributed by atoms with Gasteiger partial charge in [-0.05, 0) is 96.4 Å². The first-order valence-corrected chi connectivity index (χ1v) is 14.9. The number of fused-ring (bicyclic) bond motifs is 9. The zero-order valence-electron chi connectivity index (χ0n) is 23.6. The van der Waals surface area contributed by atoms with E-state index < -0.39 is 0 Å². The van der Waals surface area contributed by atoms with Crippen molar-refractivity contribution in [3.05, 3.63) is 163 Å². The summed E-state index contributed by atoms with van der Waals surface area (Å²) < 4.78 is 0. The predicted octanol–water partition coefficient (Wildman–Crippen LogP) is 11.1. The van der Waals surface area contributed by atoms with E-state index in [1.165, 1.54) is 71.3 Å². The average molecular weight is 546 g/mol. The summed E-state index contributed by atoms with van der Waals surface area (Å²) in [5.41, 5.74) is 12.2. The molecule has 7 aromatic carbocycles. The second kappa shape index (κ2) is 9.51. The van der Waals surface area contributed by atoms with Crippen molar-refractivity contribution in [1.82, 2.24) is 4.98 Å². The quantitative estimate of drug-likeness (QED) is 0.201. The highest BCUT2D eigenvalue weighted by atomic mass is 14.7. The average Bonchev–Trinajstić information content (AvgIpc) is 3.47. The third-order valence-corrected chi connectivity index (χ3v) is 9.11. The Hall–Kier alpha value is -5.53. The Bertz CT molecular complexity index is 2340. The molecule has 43 heavy (non-hydrogen) atoms. The van der Waals surface area contributed by atoms with E-state index in [1.54, 1.807) is 0 Å². The van der Waals surface area contributed by atoms with E-state index in [2.05, 4.69) is 152 Å². The molecule has 1 aromatic heterocycles. The van der Waals surface area contributed by atoms with Crippen LogP contribution in [0.2, 0.25) is 0 Å². The van der Waals surface area contributed by atoms with Crippen LogP contribution in [0.3, 0.4) is 0 Å². The third kappa shape index (κ3) is 3.82. The molecular formula is C42H27N. The molecular weight excluding hydrogens is 518 g/mol. The smallest absolute Gasteiger partial charge is 0.0712 e. The zero-order valence-corrected chi connectivity index (χ0v) is 23.6. The van der Waals surface area contributed by atoms with Gasteiger partial charge in [-0.25, -0.2) is 4.98 Å². The number of rotatable bonds is 3. The van der Waals surface area contributed by atoms with Gasteiger partial charge in [0.15, 0.2) is 0 Å². The van der Waals surface area contributed by atoms with Crippen LogP contribution in [0.15, 0.2) is 152 Å². The van der Waals surface area contributed by atoms with Crippen LogP contribution >= 0.6 is 0 Å². The van der Waals surface area contributed by atoms with Gasteiger partial charge in [-0.2, -0.15) is 0 Å². The van der Waals surface area contributed by atoms with Crippen molar-refractivity contribution in [3.8, 4) is 44.8 Å². The fourth-order valence-corrected chi connectivity index (χ4v) is 7.09. The highest BCUT2D eigenvalue weighted by molar-refractivity contribution is 6.25. The Morgan fingerprint density at radius 2 is 0.907 bits per heavy atom. The molecule has 0 unspecified atom stereocenters. The minimum Gasteiger partial charge on any atom is -0.248 e. The van der Waals surface area contributed by atoms with Crippen LogP contribution < -0.4 is 0 Å². The van der Waals surface area contributed by atoms with Crippen LogP contribution in [-0.4, -0.2) is 4.98 Å². The first-order valence-electron chi connectivity index (χ1n) is 14.9. The van der Waals surface area contributed by atoms with Crippen LogP contribution in [0, 0.1) is 0 Å². The van der Waals surface area contributed by atoms with Crippen LogP contribution in [0.25, 0.3) is 77.1 Å². The van der Waals surface area contributed by atoms with E-state index in [4.69, 9.17) is 4.98 Å². The summed E-state index contributed by atoms with van der Waals surface area (Å²) in [6, 6.07) is 55.0. The topological polar surface area (TPSA) is 12.9 Å². The van der Waals surface area contributed by atoms with Crippen molar-refractivity contribution in [3.63, 3.8) is 0 Å². The molecule has 1 aliphatic rings. The summed E-state index contributed by atoms with van der Waals surface area (Å²) in [6.07, 6.45) is 0.953. The third-order valence-electron chi connectivity index (χ3n) is 9.11. The summed E-state index contributed by atoms with van der Waals surface area (Å²) in [7, 11) is 0. The predicted molar refractivity (Wildman–Crippen MR) is 181 cm³/mol. The summed E-state index contributed by atoms with van der Waals surface area (Å²) in [5.74, 6) is 0. The lowest BCUT2D eigenvalue weighted by molar-refractivity contribution is 1.24. The van der Waals surface area contributed by atoms with Crippen LogP contribution in [-0.2, 0) is 6.42 Å². The van der Waals surface area contributed by atoms with Gasteiger partial charge >= 0.3 is 0 Å². The maximum atomic E-state index is 5.21. The van der Waals surface area contributed by atoms with Gasteiger partial charge in [-0.15, -0.1) is 0 Å². The number of aromatic nitrogens is 1. The molecule has 9 rings (SSSR count). The lowest BCUT2D eigenvalue weighted by Gasteiger charge is -2.13. The first-order chi connectivity index (χ1) is 21.3. The molecule has 0 aliphatic heterocycles. The van der Waals surface area contributed by atoms with Crippen molar-refractivity contribution < 1.29 is 0 Å². The molecule has 1 heterocycles. The monoisotopic (exact) mass is 545 g/mol. The minimum absolute atomic E-state index is 0.953. The maximum Gasteiger partial charge on any atom is 0.0712 e. The van der Waals surface area contributed by atoms with Crippen molar-refractivity contribution in [2.75, 3.05) is 0 Å². The summed E-state index contributed by atoms with van der Waals surface area (Å²) in [4.78, 5) is 5.21. The van der Waals surface area contributed by atoms with Gasteiger partial charge in [0.05, 0.1) is 11.4 Å². The Kier molecular flexibility index (Phi) is 5.33. The number of benzene rings is 7. The molecule has 1 aliphatic carbocycles. The molecule has 1 nitrogen and oxygen atoms in total. The van der Waals surface area contributed by atoms with Gasteiger partial charge in [0, 0.05) is 11.1 Å². The first kappa shape index (κ1) is 24.1. The van der Waals surface area contributed by atoms with E-state index in [-0.39, 0.29) is 0 Å². The molecule has 8 aromatic rings. The fourth-order valence-electron chi connectivity index (χ4n) is 7.09. The molecule has 0 N–H and O–H groups in total. The van der Waals surface area contributed by atoms with Crippen molar-refractivity contribution in [1.29, 1.82) is 0 Å². The Labute approximate surface area is 250 Å². The molecule has 0 fully saturated rings.